The first-order valence-electron chi connectivity index (χ1n) is 9.09. The summed E-state index contributed by atoms with van der Waals surface area (Å²) in [7, 11) is 0. The van der Waals surface area contributed by atoms with Gasteiger partial charge in [0.15, 0.2) is 0 Å². The summed E-state index contributed by atoms with van der Waals surface area (Å²) in [6, 6.07) is 11.5. The quantitative estimate of drug-likeness (QED) is 0.746. The molecule has 0 radical (unpaired) electrons. The Kier molecular flexibility index (Phi) is 4.97. The van der Waals surface area contributed by atoms with Crippen molar-refractivity contribution in [1.29, 1.82) is 0 Å². The van der Waals surface area contributed by atoms with Crippen molar-refractivity contribution >= 4 is 11.6 Å². The van der Waals surface area contributed by atoms with Gasteiger partial charge in [-0.15, -0.1) is 5.10 Å². The molecule has 140 valence electrons. The first kappa shape index (κ1) is 17.4. The predicted octanol–water partition coefficient (Wildman–Crippen LogP) is 2.41. The molecule has 1 aromatic carbocycles. The van der Waals surface area contributed by atoms with E-state index >= 15 is 0 Å². The van der Waals surface area contributed by atoms with Crippen LogP contribution in [0.2, 0.25) is 0 Å². The van der Waals surface area contributed by atoms with Crippen LogP contribution in [0, 0.1) is 12.8 Å². The molecule has 1 saturated heterocycles. The minimum absolute atomic E-state index is 0.0405. The molecule has 0 atom stereocenters. The number of aromatic nitrogens is 4. The van der Waals surface area contributed by atoms with E-state index in [1.165, 1.54) is 6.33 Å². The van der Waals surface area contributed by atoms with Crippen molar-refractivity contribution in [2.75, 3.05) is 18.4 Å². The van der Waals surface area contributed by atoms with E-state index in [9.17, 15) is 4.79 Å². The van der Waals surface area contributed by atoms with Crippen LogP contribution in [0.15, 0.2) is 47.1 Å². The molecule has 3 heterocycles. The lowest BCUT2D eigenvalue weighted by Crippen LogP contribution is -2.37. The Balaban J connectivity index is 1.28. The van der Waals surface area contributed by atoms with Gasteiger partial charge in [0.1, 0.15) is 17.8 Å². The van der Waals surface area contributed by atoms with E-state index < -0.39 is 0 Å². The van der Waals surface area contributed by atoms with Crippen LogP contribution >= 0.6 is 0 Å². The van der Waals surface area contributed by atoms with Crippen LogP contribution in [0.3, 0.4) is 0 Å². The number of anilines is 1. The molecule has 0 saturated carbocycles. The summed E-state index contributed by atoms with van der Waals surface area (Å²) in [4.78, 5) is 14.9. The van der Waals surface area contributed by atoms with Gasteiger partial charge in [-0.25, -0.2) is 4.68 Å². The van der Waals surface area contributed by atoms with Gasteiger partial charge >= 0.3 is 0 Å². The molecule has 4 rings (SSSR count). The molecule has 8 heteroatoms. The number of rotatable bonds is 5. The minimum Gasteiger partial charge on any atom is -0.465 e. The fraction of sp³-hybridized carbons (Fsp3) is 0.368. The second kappa shape index (κ2) is 7.71. The third-order valence-corrected chi connectivity index (χ3v) is 4.88. The number of hydrogen-bond acceptors (Lipinski definition) is 6. The van der Waals surface area contributed by atoms with Crippen molar-refractivity contribution in [2.24, 2.45) is 5.92 Å². The van der Waals surface area contributed by atoms with Gasteiger partial charge in [-0.2, -0.15) is 0 Å². The number of benzene rings is 1. The molecule has 27 heavy (non-hydrogen) atoms. The topological polar surface area (TPSA) is 89.1 Å². The maximum Gasteiger partial charge on any atom is 0.227 e. The zero-order valence-corrected chi connectivity index (χ0v) is 15.2. The molecular formula is C19H22N6O2. The average Bonchev–Trinajstić information content (AvgIpc) is 3.35. The Morgan fingerprint density at radius 3 is 2.59 bits per heavy atom. The number of carbonyl (C=O) groups excluding carboxylic acids is 1. The van der Waals surface area contributed by atoms with E-state index in [-0.39, 0.29) is 11.8 Å². The van der Waals surface area contributed by atoms with Gasteiger partial charge in [-0.3, -0.25) is 9.69 Å². The van der Waals surface area contributed by atoms with Crippen LogP contribution in [0.5, 0.6) is 0 Å². The van der Waals surface area contributed by atoms with E-state index in [1.54, 1.807) is 4.68 Å². The lowest BCUT2D eigenvalue weighted by atomic mass is 9.95. The first-order chi connectivity index (χ1) is 13.2. The number of carbonyl (C=O) groups is 1. The van der Waals surface area contributed by atoms with Gasteiger partial charge in [0.2, 0.25) is 5.91 Å². The average molecular weight is 366 g/mol. The van der Waals surface area contributed by atoms with E-state index in [0.717, 1.165) is 55.4 Å². The van der Waals surface area contributed by atoms with Crippen LogP contribution in [0.1, 0.15) is 24.4 Å². The van der Waals surface area contributed by atoms with Gasteiger partial charge in [-0.1, -0.05) is 0 Å². The molecule has 1 aliphatic rings. The summed E-state index contributed by atoms with van der Waals surface area (Å²) in [5.41, 5.74) is 1.63. The normalized spacial score (nSPS) is 15.7. The molecule has 1 N–H and O–H groups in total. The second-order valence-corrected chi connectivity index (χ2v) is 6.85. The van der Waals surface area contributed by atoms with Crippen molar-refractivity contribution in [1.82, 2.24) is 25.1 Å². The highest BCUT2D eigenvalue weighted by Gasteiger charge is 2.25. The van der Waals surface area contributed by atoms with E-state index in [0.29, 0.717) is 0 Å². The highest BCUT2D eigenvalue weighted by atomic mass is 16.3. The predicted molar refractivity (Wildman–Crippen MR) is 99.2 cm³/mol. The number of furan rings is 1. The van der Waals surface area contributed by atoms with Gasteiger partial charge in [0.05, 0.1) is 12.2 Å². The summed E-state index contributed by atoms with van der Waals surface area (Å²) < 4.78 is 7.21. The number of hydrogen-bond donors (Lipinski definition) is 1. The molecule has 0 bridgehead atoms. The molecule has 1 amide bonds. The minimum atomic E-state index is 0.0405. The van der Waals surface area contributed by atoms with E-state index in [4.69, 9.17) is 4.42 Å². The Labute approximate surface area is 157 Å². The van der Waals surface area contributed by atoms with Crippen molar-refractivity contribution in [2.45, 2.75) is 26.3 Å². The van der Waals surface area contributed by atoms with Crippen LogP contribution in [0.4, 0.5) is 5.69 Å². The first-order valence-corrected chi connectivity index (χ1v) is 9.09. The number of piperidine rings is 1. The van der Waals surface area contributed by atoms with Crippen LogP contribution in [-0.2, 0) is 11.3 Å². The highest BCUT2D eigenvalue weighted by Crippen LogP contribution is 2.22. The standard InChI is InChI=1S/C19H22N6O2/c1-14-2-7-18(27-14)12-24-10-8-15(9-11-24)19(26)21-16-3-5-17(6-4-16)25-13-20-22-23-25/h2-7,13,15H,8-12H2,1H3,(H,21,26). The summed E-state index contributed by atoms with van der Waals surface area (Å²) in [5, 5.41) is 14.1. The van der Waals surface area contributed by atoms with Crippen molar-refractivity contribution < 1.29 is 9.21 Å². The zero-order chi connectivity index (χ0) is 18.6. The van der Waals surface area contributed by atoms with Crippen LogP contribution < -0.4 is 5.32 Å². The van der Waals surface area contributed by atoms with Crippen LogP contribution in [-0.4, -0.2) is 44.1 Å². The van der Waals surface area contributed by atoms with Crippen molar-refractivity contribution in [3.8, 4) is 5.69 Å². The SMILES string of the molecule is Cc1ccc(CN2CCC(C(=O)Nc3ccc(-n4cnnn4)cc3)CC2)o1. The fourth-order valence-corrected chi connectivity index (χ4v) is 3.37. The van der Waals surface area contributed by atoms with Gasteiger partial charge in [-0.05, 0) is 79.7 Å². The smallest absolute Gasteiger partial charge is 0.227 e. The number of amides is 1. The molecular weight excluding hydrogens is 344 g/mol. The van der Waals surface area contributed by atoms with Crippen molar-refractivity contribution in [3.63, 3.8) is 0 Å². The molecule has 0 unspecified atom stereocenters. The lowest BCUT2D eigenvalue weighted by Gasteiger charge is -2.30. The summed E-state index contributed by atoms with van der Waals surface area (Å²) in [6.07, 6.45) is 3.24. The Morgan fingerprint density at radius 1 is 1.19 bits per heavy atom. The van der Waals surface area contributed by atoms with E-state index in [2.05, 4.69) is 25.7 Å². The summed E-state index contributed by atoms with van der Waals surface area (Å²) >= 11 is 0. The number of aryl methyl sites for hydroxylation is 1. The van der Waals surface area contributed by atoms with Gasteiger partial charge < -0.3 is 9.73 Å². The molecule has 2 aromatic heterocycles. The molecule has 3 aromatic rings. The number of nitrogens with one attached hydrogen (secondary N) is 1. The third kappa shape index (κ3) is 4.22. The Hall–Kier alpha value is -3.00. The summed E-state index contributed by atoms with van der Waals surface area (Å²) in [6.45, 7) is 4.56. The van der Waals surface area contributed by atoms with E-state index in [1.807, 2.05) is 43.3 Å². The largest absolute Gasteiger partial charge is 0.465 e. The van der Waals surface area contributed by atoms with Crippen LogP contribution in [0.25, 0.3) is 5.69 Å². The van der Waals surface area contributed by atoms with Crippen molar-refractivity contribution in [3.05, 3.63) is 54.2 Å². The monoisotopic (exact) mass is 366 g/mol. The summed E-state index contributed by atoms with van der Waals surface area (Å²) in [5.74, 6) is 2.04. The Bertz CT molecular complexity index is 879. The third-order valence-electron chi connectivity index (χ3n) is 4.88. The number of tetrazole rings is 1. The maximum atomic E-state index is 12.6. The second-order valence-electron chi connectivity index (χ2n) is 6.85. The lowest BCUT2D eigenvalue weighted by molar-refractivity contribution is -0.121. The Morgan fingerprint density at radius 2 is 1.96 bits per heavy atom. The highest BCUT2D eigenvalue weighted by molar-refractivity contribution is 5.92. The number of likely N-dealkylation sites (tertiary alicyclic amines) is 1. The molecule has 1 fully saturated rings. The zero-order valence-electron chi connectivity index (χ0n) is 15.2. The maximum absolute atomic E-state index is 12.6. The van der Waals surface area contributed by atoms with Gasteiger partial charge in [0, 0.05) is 11.6 Å². The molecule has 1 aliphatic heterocycles. The number of nitrogens with zero attached hydrogens (tertiary/aromatic N) is 5. The molecule has 8 nitrogen and oxygen atoms in total. The molecule has 0 aliphatic carbocycles. The van der Waals surface area contributed by atoms with Gasteiger partial charge in [0.25, 0.3) is 0 Å². The fourth-order valence-electron chi connectivity index (χ4n) is 3.37. The molecule has 0 spiro atoms.